The number of furan rings is 1. The number of carbonyl (C=O) groups is 2. The average Bonchev–Trinajstić information content (AvgIpc) is 3.43. The second kappa shape index (κ2) is 7.63. The first-order valence-electron chi connectivity index (χ1n) is 8.55. The SMILES string of the molecule is O=C(Nc1cccc(-n2cccn2)c1)c1ccc(NC(=O)c2ccco2)cc1. The van der Waals surface area contributed by atoms with Crippen molar-refractivity contribution in [1.82, 2.24) is 9.78 Å². The fraction of sp³-hybridized carbons (Fsp3) is 0. The molecule has 2 aromatic carbocycles. The van der Waals surface area contributed by atoms with E-state index in [0.29, 0.717) is 16.9 Å². The summed E-state index contributed by atoms with van der Waals surface area (Å²) in [7, 11) is 0. The van der Waals surface area contributed by atoms with Crippen molar-refractivity contribution >= 4 is 23.2 Å². The van der Waals surface area contributed by atoms with Crippen LogP contribution in [0.25, 0.3) is 5.69 Å². The molecule has 0 aliphatic carbocycles. The number of amides is 2. The van der Waals surface area contributed by atoms with E-state index in [1.807, 2.05) is 36.5 Å². The highest BCUT2D eigenvalue weighted by Gasteiger charge is 2.10. The zero-order valence-electron chi connectivity index (χ0n) is 14.7. The predicted molar refractivity (Wildman–Crippen MR) is 105 cm³/mol. The van der Waals surface area contributed by atoms with Crippen molar-refractivity contribution in [3.05, 3.63) is 96.7 Å². The molecule has 7 nitrogen and oxygen atoms in total. The van der Waals surface area contributed by atoms with Gasteiger partial charge in [0.2, 0.25) is 0 Å². The van der Waals surface area contributed by atoms with E-state index >= 15 is 0 Å². The lowest BCUT2D eigenvalue weighted by Gasteiger charge is -2.09. The van der Waals surface area contributed by atoms with Gasteiger partial charge in [0.1, 0.15) is 0 Å². The molecule has 0 atom stereocenters. The number of anilines is 2. The third kappa shape index (κ3) is 3.83. The van der Waals surface area contributed by atoms with Gasteiger partial charge >= 0.3 is 0 Å². The van der Waals surface area contributed by atoms with Crippen LogP contribution in [0.4, 0.5) is 11.4 Å². The van der Waals surface area contributed by atoms with Crippen LogP contribution in [0.15, 0.2) is 89.8 Å². The summed E-state index contributed by atoms with van der Waals surface area (Å²) in [4.78, 5) is 24.5. The number of nitrogens with zero attached hydrogens (tertiary/aromatic N) is 2. The topological polar surface area (TPSA) is 89.2 Å². The Hall–Kier alpha value is -4.13. The van der Waals surface area contributed by atoms with E-state index in [0.717, 1.165) is 5.69 Å². The highest BCUT2D eigenvalue weighted by molar-refractivity contribution is 6.05. The molecule has 0 bridgehead atoms. The van der Waals surface area contributed by atoms with E-state index in [9.17, 15) is 9.59 Å². The Bertz CT molecular complexity index is 1090. The van der Waals surface area contributed by atoms with Crippen LogP contribution in [-0.4, -0.2) is 21.6 Å². The number of benzene rings is 2. The Labute approximate surface area is 160 Å². The molecule has 4 rings (SSSR count). The number of aromatic nitrogens is 2. The first-order chi connectivity index (χ1) is 13.7. The number of carbonyl (C=O) groups excluding carboxylic acids is 2. The van der Waals surface area contributed by atoms with Crippen LogP contribution in [0, 0.1) is 0 Å². The van der Waals surface area contributed by atoms with Gasteiger partial charge < -0.3 is 15.1 Å². The number of hydrogen-bond acceptors (Lipinski definition) is 4. The van der Waals surface area contributed by atoms with Gasteiger partial charge in [0.25, 0.3) is 11.8 Å². The van der Waals surface area contributed by atoms with Crippen molar-refractivity contribution in [2.45, 2.75) is 0 Å². The van der Waals surface area contributed by atoms with Gasteiger partial charge in [0.15, 0.2) is 5.76 Å². The lowest BCUT2D eigenvalue weighted by atomic mass is 10.2. The summed E-state index contributed by atoms with van der Waals surface area (Å²) < 4.78 is 6.76. The molecule has 138 valence electrons. The number of rotatable bonds is 5. The summed E-state index contributed by atoms with van der Waals surface area (Å²) in [5, 5.41) is 9.75. The van der Waals surface area contributed by atoms with Crippen molar-refractivity contribution < 1.29 is 14.0 Å². The lowest BCUT2D eigenvalue weighted by Crippen LogP contribution is -2.13. The van der Waals surface area contributed by atoms with Gasteiger partial charge in [0, 0.05) is 29.3 Å². The minimum atomic E-state index is -0.349. The summed E-state index contributed by atoms with van der Waals surface area (Å²) in [6, 6.07) is 19.1. The smallest absolute Gasteiger partial charge is 0.291 e. The van der Waals surface area contributed by atoms with E-state index in [1.165, 1.54) is 6.26 Å². The summed E-state index contributed by atoms with van der Waals surface area (Å²) in [6.07, 6.45) is 4.96. The van der Waals surface area contributed by atoms with E-state index in [-0.39, 0.29) is 17.6 Å². The first kappa shape index (κ1) is 17.3. The fourth-order valence-corrected chi connectivity index (χ4v) is 2.66. The van der Waals surface area contributed by atoms with Crippen molar-refractivity contribution in [1.29, 1.82) is 0 Å². The Morgan fingerprint density at radius 2 is 1.68 bits per heavy atom. The van der Waals surface area contributed by atoms with E-state index in [4.69, 9.17) is 4.42 Å². The molecule has 7 heteroatoms. The van der Waals surface area contributed by atoms with Crippen LogP contribution in [0.3, 0.4) is 0 Å². The highest BCUT2D eigenvalue weighted by atomic mass is 16.3. The number of nitrogens with one attached hydrogen (secondary N) is 2. The Kier molecular flexibility index (Phi) is 4.71. The van der Waals surface area contributed by atoms with Crippen molar-refractivity contribution in [2.24, 2.45) is 0 Å². The highest BCUT2D eigenvalue weighted by Crippen LogP contribution is 2.16. The lowest BCUT2D eigenvalue weighted by molar-refractivity contribution is 0.0995. The zero-order chi connectivity index (χ0) is 19.3. The molecule has 0 saturated carbocycles. The average molecular weight is 372 g/mol. The molecular formula is C21H16N4O3. The molecule has 0 spiro atoms. The minimum Gasteiger partial charge on any atom is -0.459 e. The van der Waals surface area contributed by atoms with E-state index < -0.39 is 0 Å². The minimum absolute atomic E-state index is 0.221. The van der Waals surface area contributed by atoms with Crippen molar-refractivity contribution in [2.75, 3.05) is 10.6 Å². The third-order valence-corrected chi connectivity index (χ3v) is 4.02. The van der Waals surface area contributed by atoms with E-state index in [2.05, 4.69) is 15.7 Å². The van der Waals surface area contributed by atoms with E-state index in [1.54, 1.807) is 47.3 Å². The fourth-order valence-electron chi connectivity index (χ4n) is 2.66. The molecule has 0 unspecified atom stereocenters. The van der Waals surface area contributed by atoms with Gasteiger partial charge in [-0.3, -0.25) is 9.59 Å². The van der Waals surface area contributed by atoms with Crippen LogP contribution < -0.4 is 10.6 Å². The summed E-state index contributed by atoms with van der Waals surface area (Å²) in [6.45, 7) is 0. The summed E-state index contributed by atoms with van der Waals surface area (Å²) in [5.74, 6) is -0.377. The Morgan fingerprint density at radius 3 is 2.39 bits per heavy atom. The first-order valence-corrected chi connectivity index (χ1v) is 8.55. The standard InChI is InChI=1S/C21H16N4O3/c26-20(24-17-4-1-5-18(14-17)25-12-3-11-22-25)15-7-9-16(10-8-15)23-21(27)19-6-2-13-28-19/h1-14H,(H,23,27)(H,24,26). The third-order valence-electron chi connectivity index (χ3n) is 4.02. The van der Waals surface area contributed by atoms with Gasteiger partial charge in [-0.2, -0.15) is 5.10 Å². The summed E-state index contributed by atoms with van der Waals surface area (Å²) >= 11 is 0. The summed E-state index contributed by atoms with van der Waals surface area (Å²) in [5.41, 5.74) is 2.55. The largest absolute Gasteiger partial charge is 0.459 e. The van der Waals surface area contributed by atoms with Gasteiger partial charge in [-0.05, 0) is 60.7 Å². The molecule has 4 aromatic rings. The molecule has 2 amide bonds. The maximum atomic E-state index is 12.5. The molecular weight excluding hydrogens is 356 g/mol. The van der Waals surface area contributed by atoms with Crippen LogP contribution in [0.2, 0.25) is 0 Å². The van der Waals surface area contributed by atoms with Crippen LogP contribution in [0.1, 0.15) is 20.9 Å². The second-order valence-corrected chi connectivity index (χ2v) is 5.96. The quantitative estimate of drug-likeness (QED) is 0.555. The molecule has 0 fully saturated rings. The maximum Gasteiger partial charge on any atom is 0.291 e. The van der Waals surface area contributed by atoms with Gasteiger partial charge in [-0.15, -0.1) is 0 Å². The molecule has 2 aromatic heterocycles. The van der Waals surface area contributed by atoms with Crippen molar-refractivity contribution in [3.63, 3.8) is 0 Å². The second-order valence-electron chi connectivity index (χ2n) is 5.96. The normalized spacial score (nSPS) is 10.4. The maximum absolute atomic E-state index is 12.5. The molecule has 2 heterocycles. The Morgan fingerprint density at radius 1 is 0.857 bits per heavy atom. The predicted octanol–water partition coefficient (Wildman–Crippen LogP) is 3.97. The van der Waals surface area contributed by atoms with Crippen LogP contribution in [0.5, 0.6) is 0 Å². The molecule has 0 aliphatic heterocycles. The van der Waals surface area contributed by atoms with Crippen LogP contribution >= 0.6 is 0 Å². The Balaban J connectivity index is 1.43. The number of hydrogen-bond donors (Lipinski definition) is 2. The zero-order valence-corrected chi connectivity index (χ0v) is 14.7. The van der Waals surface area contributed by atoms with Crippen molar-refractivity contribution in [3.8, 4) is 5.69 Å². The monoisotopic (exact) mass is 372 g/mol. The molecule has 0 saturated heterocycles. The van der Waals surface area contributed by atoms with Gasteiger partial charge in [-0.25, -0.2) is 4.68 Å². The van der Waals surface area contributed by atoms with Crippen LogP contribution in [-0.2, 0) is 0 Å². The molecule has 0 aliphatic rings. The molecule has 28 heavy (non-hydrogen) atoms. The molecule has 0 radical (unpaired) electrons. The van der Waals surface area contributed by atoms with Gasteiger partial charge in [0.05, 0.1) is 12.0 Å². The molecule has 2 N–H and O–H groups in total. The van der Waals surface area contributed by atoms with Gasteiger partial charge in [-0.1, -0.05) is 6.07 Å².